The average molecular weight is 683 g/mol. The highest BCUT2D eigenvalue weighted by atomic mass is 32.1. The third-order valence-electron chi connectivity index (χ3n) is 9.91. The third-order valence-corrected chi connectivity index (χ3v) is 10.9. The largest absolute Gasteiger partial charge is 0.465 e. The molecule has 4 amide bonds. The minimum atomic E-state index is -1.43. The normalized spacial score (nSPS) is 22.0. The number of carbonyl (C=O) groups is 3. The summed E-state index contributed by atoms with van der Waals surface area (Å²) in [6.45, 7) is 2.55. The molecule has 1 atom stereocenters. The summed E-state index contributed by atoms with van der Waals surface area (Å²) in [5, 5.41) is 16.0. The fraction of sp³-hybridized carbons (Fsp3) is 0.419. The Morgan fingerprint density at radius 3 is 2.52 bits per heavy atom. The number of anilines is 2. The molecule has 4 aliphatic heterocycles. The maximum atomic E-state index is 16.8. The predicted octanol–water partition coefficient (Wildman–Crippen LogP) is 4.60. The summed E-state index contributed by atoms with van der Waals surface area (Å²) in [5.74, 6) is -3.19. The molecule has 2 aromatic carbocycles. The van der Waals surface area contributed by atoms with Gasteiger partial charge in [0.05, 0.1) is 27.9 Å². The molecule has 0 saturated carbocycles. The van der Waals surface area contributed by atoms with Crippen LogP contribution in [0.25, 0.3) is 32.2 Å². The summed E-state index contributed by atoms with van der Waals surface area (Å²) >= 11 is 0.693. The van der Waals surface area contributed by atoms with Crippen molar-refractivity contribution >= 4 is 61.4 Å². The monoisotopic (exact) mass is 682 g/mol. The van der Waals surface area contributed by atoms with E-state index in [1.54, 1.807) is 4.90 Å². The molecule has 4 aromatic rings. The third kappa shape index (κ3) is 4.86. The number of imide groups is 1. The van der Waals surface area contributed by atoms with Gasteiger partial charge in [-0.05, 0) is 69.8 Å². The van der Waals surface area contributed by atoms with Crippen molar-refractivity contribution in [3.63, 3.8) is 0 Å². The number of benzene rings is 2. The Hall–Kier alpha value is -4.77. The number of amides is 4. The van der Waals surface area contributed by atoms with Gasteiger partial charge in [-0.15, -0.1) is 0 Å². The van der Waals surface area contributed by atoms with Crippen LogP contribution in [0.15, 0.2) is 18.2 Å². The van der Waals surface area contributed by atoms with Crippen LogP contribution in [-0.4, -0.2) is 86.9 Å². The Morgan fingerprint density at radius 1 is 1.02 bits per heavy atom. The molecule has 1 unspecified atom stereocenters. The Bertz CT molecular complexity index is 2030. The topological polar surface area (TPSA) is 162 Å². The highest BCUT2D eigenvalue weighted by molar-refractivity contribution is 7.22. The predicted molar refractivity (Wildman–Crippen MR) is 169 cm³/mol. The van der Waals surface area contributed by atoms with Gasteiger partial charge in [-0.2, -0.15) is 9.97 Å². The summed E-state index contributed by atoms with van der Waals surface area (Å²) in [7, 11) is 0. The standard InChI is InChI=1S/C31H29F3N8O5S/c32-17-5-4-15(22-23(17)48-28(36-22)39-29(45)46)19-18(33)12-16-21(20(19)34)35-27(47-14-30-6-1-10-42(30)11-2-7-30)37-24(16)41-9-3-8-31(13-41)25(43)38-26(44)40-31/h4-5,12H,1-3,6-11,13-14H2,(H,36,39)(H,45,46)(H2,38,40,43,44). The van der Waals surface area contributed by atoms with Crippen molar-refractivity contribution in [2.24, 2.45) is 0 Å². The van der Waals surface area contributed by atoms with Gasteiger partial charge in [0.1, 0.15) is 35.1 Å². The van der Waals surface area contributed by atoms with Crippen LogP contribution in [0.3, 0.4) is 0 Å². The van der Waals surface area contributed by atoms with E-state index in [9.17, 15) is 18.8 Å². The summed E-state index contributed by atoms with van der Waals surface area (Å²) in [5.41, 5.74) is -2.47. The maximum absolute atomic E-state index is 16.8. The number of carbonyl (C=O) groups excluding carboxylic acids is 2. The summed E-state index contributed by atoms with van der Waals surface area (Å²) < 4.78 is 53.9. The van der Waals surface area contributed by atoms with Gasteiger partial charge in [-0.1, -0.05) is 11.3 Å². The van der Waals surface area contributed by atoms with Crippen LogP contribution >= 0.6 is 11.3 Å². The number of aromatic nitrogens is 3. The molecule has 250 valence electrons. The second-order valence-corrected chi connectivity index (χ2v) is 13.7. The first-order chi connectivity index (χ1) is 23.1. The van der Waals surface area contributed by atoms with E-state index < -0.39 is 46.6 Å². The van der Waals surface area contributed by atoms with E-state index in [0.717, 1.165) is 50.9 Å². The Labute approximate surface area is 274 Å². The van der Waals surface area contributed by atoms with Gasteiger partial charge < -0.3 is 20.1 Å². The molecule has 1 spiro atoms. The highest BCUT2D eigenvalue weighted by Gasteiger charge is 2.49. The smallest absolute Gasteiger partial charge is 0.410 e. The number of hydrogen-bond acceptors (Lipinski definition) is 10. The van der Waals surface area contributed by atoms with Crippen LogP contribution in [0.4, 0.5) is 33.7 Å². The molecule has 8 rings (SSSR count). The van der Waals surface area contributed by atoms with Crippen LogP contribution in [0.5, 0.6) is 6.01 Å². The van der Waals surface area contributed by atoms with Crippen molar-refractivity contribution in [3.05, 3.63) is 35.7 Å². The van der Waals surface area contributed by atoms with E-state index in [4.69, 9.17) is 9.84 Å². The van der Waals surface area contributed by atoms with E-state index >= 15 is 8.78 Å². The van der Waals surface area contributed by atoms with E-state index in [2.05, 4.69) is 35.8 Å². The summed E-state index contributed by atoms with van der Waals surface area (Å²) in [6, 6.07) is 2.54. The average Bonchev–Trinajstić information content (AvgIpc) is 3.80. The highest BCUT2D eigenvalue weighted by Crippen LogP contribution is 2.43. The Morgan fingerprint density at radius 2 is 1.79 bits per heavy atom. The lowest BCUT2D eigenvalue weighted by Gasteiger charge is -2.39. The number of carboxylic acid groups (broad SMARTS) is 1. The zero-order valence-corrected chi connectivity index (χ0v) is 26.2. The SMILES string of the molecule is O=C(O)Nc1nc2c(-c3c(F)cc4c(N5CCCC6(C5)NC(=O)NC6=O)nc(OCC56CCCN5CCC6)nc4c3F)ccc(F)c2s1. The second-order valence-electron chi connectivity index (χ2n) is 12.7. The minimum absolute atomic E-state index is 0.00437. The van der Waals surface area contributed by atoms with Gasteiger partial charge in [0.2, 0.25) is 0 Å². The van der Waals surface area contributed by atoms with Gasteiger partial charge in [-0.3, -0.25) is 20.3 Å². The zero-order chi connectivity index (χ0) is 33.4. The van der Waals surface area contributed by atoms with Crippen molar-refractivity contribution in [1.82, 2.24) is 30.5 Å². The minimum Gasteiger partial charge on any atom is -0.465 e. The Kier molecular flexibility index (Phi) is 7.10. The van der Waals surface area contributed by atoms with Crippen molar-refractivity contribution in [2.45, 2.75) is 49.6 Å². The number of thiazole rings is 1. The number of nitrogens with one attached hydrogen (secondary N) is 3. The van der Waals surface area contributed by atoms with Crippen LogP contribution in [0, 0.1) is 17.5 Å². The molecule has 4 fully saturated rings. The first kappa shape index (κ1) is 30.6. The molecule has 0 bridgehead atoms. The molecule has 17 heteroatoms. The second kappa shape index (κ2) is 11.2. The van der Waals surface area contributed by atoms with Crippen molar-refractivity contribution in [3.8, 4) is 17.1 Å². The molecule has 0 radical (unpaired) electrons. The molecule has 4 N–H and O–H groups in total. The summed E-state index contributed by atoms with van der Waals surface area (Å²) in [4.78, 5) is 53.5. The lowest BCUT2D eigenvalue weighted by Crippen LogP contribution is -2.58. The lowest BCUT2D eigenvalue weighted by molar-refractivity contribution is -0.124. The summed E-state index contributed by atoms with van der Waals surface area (Å²) in [6.07, 6.45) is 3.34. The molecular formula is C31H29F3N8O5S. The molecule has 48 heavy (non-hydrogen) atoms. The van der Waals surface area contributed by atoms with Crippen LogP contribution in [0.2, 0.25) is 0 Å². The first-order valence-corrected chi connectivity index (χ1v) is 16.4. The fourth-order valence-corrected chi connectivity index (χ4v) is 8.63. The van der Waals surface area contributed by atoms with Gasteiger partial charge in [0.15, 0.2) is 10.9 Å². The van der Waals surface area contributed by atoms with Gasteiger partial charge in [0, 0.05) is 17.5 Å². The van der Waals surface area contributed by atoms with Crippen molar-refractivity contribution < 1.29 is 37.4 Å². The number of hydrogen-bond donors (Lipinski definition) is 4. The fourth-order valence-electron chi connectivity index (χ4n) is 7.75. The van der Waals surface area contributed by atoms with Gasteiger partial charge in [0.25, 0.3) is 5.91 Å². The van der Waals surface area contributed by atoms with Gasteiger partial charge in [-0.25, -0.2) is 27.7 Å². The lowest BCUT2D eigenvalue weighted by atomic mass is 9.89. The number of nitrogens with zero attached hydrogens (tertiary/aromatic N) is 5. The number of halogens is 3. The van der Waals surface area contributed by atoms with E-state index in [1.807, 2.05) is 0 Å². The van der Waals surface area contributed by atoms with E-state index in [-0.39, 0.29) is 62.3 Å². The van der Waals surface area contributed by atoms with Crippen LogP contribution < -0.4 is 25.6 Å². The molecule has 2 aromatic heterocycles. The van der Waals surface area contributed by atoms with E-state index in [0.29, 0.717) is 30.7 Å². The number of urea groups is 1. The van der Waals surface area contributed by atoms with Crippen molar-refractivity contribution in [1.29, 1.82) is 0 Å². The van der Waals surface area contributed by atoms with Gasteiger partial charge >= 0.3 is 18.1 Å². The molecular weight excluding hydrogens is 653 g/mol. The number of ether oxygens (including phenoxy) is 1. The van der Waals surface area contributed by atoms with Crippen molar-refractivity contribution in [2.75, 3.05) is 43.0 Å². The van der Waals surface area contributed by atoms with Crippen LogP contribution in [0.1, 0.15) is 38.5 Å². The molecule has 0 aliphatic carbocycles. The molecule has 4 aliphatic rings. The number of rotatable bonds is 6. The first-order valence-electron chi connectivity index (χ1n) is 15.6. The molecule has 6 heterocycles. The molecule has 4 saturated heterocycles. The number of fused-ring (bicyclic) bond motifs is 3. The Balaban J connectivity index is 1.27. The van der Waals surface area contributed by atoms with Crippen LogP contribution in [-0.2, 0) is 4.79 Å². The zero-order valence-electron chi connectivity index (χ0n) is 25.4. The van der Waals surface area contributed by atoms with E-state index in [1.165, 1.54) is 6.07 Å². The number of piperidine rings is 1. The quantitative estimate of drug-likeness (QED) is 0.212. The maximum Gasteiger partial charge on any atom is 0.410 e. The molecule has 13 nitrogen and oxygen atoms in total.